The first kappa shape index (κ1) is 28.7. The van der Waals surface area contributed by atoms with E-state index >= 15 is 0 Å². The molecule has 0 bridgehead atoms. The van der Waals surface area contributed by atoms with Gasteiger partial charge in [0.15, 0.2) is 0 Å². The van der Waals surface area contributed by atoms with Gasteiger partial charge >= 0.3 is 185 Å². The minimum absolute atomic E-state index is 0.0572. The second kappa shape index (κ2) is 15.5. The van der Waals surface area contributed by atoms with Crippen LogP contribution in [0, 0.1) is 0 Å². The van der Waals surface area contributed by atoms with E-state index in [9.17, 15) is 0 Å². The fraction of sp³-hybridized carbons (Fsp3) is 0.920. The van der Waals surface area contributed by atoms with Gasteiger partial charge in [-0.15, -0.1) is 0 Å². The van der Waals surface area contributed by atoms with Crippen molar-refractivity contribution in [1.82, 2.24) is 0 Å². The first-order valence-corrected chi connectivity index (χ1v) is 24.0. The van der Waals surface area contributed by atoms with E-state index in [1.165, 1.54) is 70.6 Å². The van der Waals surface area contributed by atoms with Crippen LogP contribution in [0.2, 0.25) is 37.4 Å². The van der Waals surface area contributed by atoms with E-state index in [4.69, 9.17) is 4.43 Å². The summed E-state index contributed by atoms with van der Waals surface area (Å²) in [6.07, 6.45) is 17.0. The van der Waals surface area contributed by atoms with Crippen molar-refractivity contribution in [3.05, 3.63) is 12.7 Å². The quantitative estimate of drug-likeness (QED) is 0.122. The van der Waals surface area contributed by atoms with Gasteiger partial charge in [-0.2, -0.15) is 0 Å². The molecular weight excluding hydrogens is 463 g/mol. The van der Waals surface area contributed by atoms with Gasteiger partial charge in [-0.3, -0.25) is 0 Å². The molecule has 0 N–H and O–H groups in total. The molecule has 0 aromatic heterocycles. The van der Waals surface area contributed by atoms with Crippen LogP contribution in [0.4, 0.5) is 0 Å². The third-order valence-electron chi connectivity index (χ3n) is 6.32. The van der Waals surface area contributed by atoms with Gasteiger partial charge in [0.1, 0.15) is 0 Å². The van der Waals surface area contributed by atoms with Crippen LogP contribution in [0.1, 0.15) is 98.3 Å². The van der Waals surface area contributed by atoms with Gasteiger partial charge in [0.25, 0.3) is 0 Å². The van der Waals surface area contributed by atoms with E-state index in [1.54, 1.807) is 17.7 Å². The van der Waals surface area contributed by atoms with Crippen LogP contribution in [-0.4, -0.2) is 32.3 Å². The van der Waals surface area contributed by atoms with Gasteiger partial charge < -0.3 is 0 Å². The Balaban J connectivity index is 5.23. The molecule has 0 aliphatic heterocycles. The SMILES string of the molecule is C=CC(CCCC)(CC[CH2][Sn]([CH2]CCC)([CH2]CCC)[CH2]CCC)O[Si](C)(C)C. The fourth-order valence-corrected chi connectivity index (χ4v) is 22.6. The summed E-state index contributed by atoms with van der Waals surface area (Å²) < 4.78 is 13.3. The molecule has 28 heavy (non-hydrogen) atoms. The Hall–Kier alpha value is 0.716. The van der Waals surface area contributed by atoms with Crippen molar-refractivity contribution in [2.75, 3.05) is 0 Å². The molecule has 0 aliphatic rings. The third kappa shape index (κ3) is 12.4. The van der Waals surface area contributed by atoms with E-state index in [2.05, 4.69) is 60.0 Å². The Kier molecular flexibility index (Phi) is 15.9. The molecule has 0 aromatic carbocycles. The molecule has 0 radical (unpaired) electrons. The number of hydrogen-bond acceptors (Lipinski definition) is 1. The summed E-state index contributed by atoms with van der Waals surface area (Å²) in [5.74, 6) is 0. The average molecular weight is 518 g/mol. The normalized spacial score (nSPS) is 14.8. The topological polar surface area (TPSA) is 9.23 Å². The van der Waals surface area contributed by atoms with E-state index in [0.717, 1.165) is 0 Å². The zero-order chi connectivity index (χ0) is 21.5. The maximum absolute atomic E-state index is 6.78. The van der Waals surface area contributed by atoms with Gasteiger partial charge in [-0.05, 0) is 0 Å². The first-order chi connectivity index (χ1) is 13.2. The second-order valence-corrected chi connectivity index (χ2v) is 29.0. The second-order valence-electron chi connectivity index (χ2n) is 10.3. The van der Waals surface area contributed by atoms with Gasteiger partial charge in [0, 0.05) is 0 Å². The van der Waals surface area contributed by atoms with Crippen LogP contribution < -0.4 is 0 Å². The molecule has 1 unspecified atom stereocenters. The summed E-state index contributed by atoms with van der Waals surface area (Å²) in [6, 6.07) is 0. The molecule has 1 nitrogen and oxygen atoms in total. The minimum atomic E-state index is -2.01. The van der Waals surface area contributed by atoms with Crippen LogP contribution in [-0.2, 0) is 4.43 Å². The summed E-state index contributed by atoms with van der Waals surface area (Å²) in [6.45, 7) is 20.7. The predicted octanol–water partition coefficient (Wildman–Crippen LogP) is 9.58. The fourth-order valence-electron chi connectivity index (χ4n) is 4.73. The molecule has 0 amide bonds. The van der Waals surface area contributed by atoms with E-state index in [-0.39, 0.29) is 5.60 Å². The Bertz CT molecular complexity index is 369. The Morgan fingerprint density at radius 3 is 1.46 bits per heavy atom. The van der Waals surface area contributed by atoms with E-state index in [0.29, 0.717) is 0 Å². The zero-order valence-corrected chi connectivity index (χ0v) is 24.7. The molecule has 0 rings (SSSR count). The molecule has 0 heterocycles. The third-order valence-corrected chi connectivity index (χ3v) is 23.5. The molecule has 0 spiro atoms. The molecular formula is C25H54OSiSn. The van der Waals surface area contributed by atoms with Crippen molar-refractivity contribution in [3.63, 3.8) is 0 Å². The Labute approximate surface area is 184 Å². The van der Waals surface area contributed by atoms with Crippen molar-refractivity contribution in [1.29, 1.82) is 0 Å². The average Bonchev–Trinajstić information content (AvgIpc) is 2.65. The Morgan fingerprint density at radius 2 is 1.11 bits per heavy atom. The summed E-state index contributed by atoms with van der Waals surface area (Å²) in [4.78, 5) is 0. The van der Waals surface area contributed by atoms with Crippen molar-refractivity contribution >= 4 is 26.7 Å². The monoisotopic (exact) mass is 518 g/mol. The first-order valence-electron chi connectivity index (χ1n) is 12.6. The van der Waals surface area contributed by atoms with Crippen molar-refractivity contribution in [2.45, 2.75) is 141 Å². The molecule has 3 heteroatoms. The molecule has 0 fully saturated rings. The maximum atomic E-state index is 6.78. The van der Waals surface area contributed by atoms with E-state index < -0.39 is 26.7 Å². The zero-order valence-electron chi connectivity index (χ0n) is 20.8. The molecule has 0 aliphatic carbocycles. The summed E-state index contributed by atoms with van der Waals surface area (Å²) >= 11 is -2.01. The molecule has 0 saturated heterocycles. The Morgan fingerprint density at radius 1 is 0.714 bits per heavy atom. The summed E-state index contributed by atoms with van der Waals surface area (Å²) in [7, 11) is -1.58. The number of hydrogen-bond donors (Lipinski definition) is 0. The van der Waals surface area contributed by atoms with Gasteiger partial charge in [0.2, 0.25) is 0 Å². The standard InChI is InChI=1S/C13H27OSi.3C4H9.Sn/c1-7-10-12-13(9-3,11-8-2)14-15(4,5)6;3*1-3-4-2;/h9H,2-3,7-8,10-12H2,1,4-6H3;3*1,3-4H2,2H3;. The van der Waals surface area contributed by atoms with Crippen LogP contribution in [0.15, 0.2) is 12.7 Å². The van der Waals surface area contributed by atoms with Crippen LogP contribution in [0.25, 0.3) is 0 Å². The van der Waals surface area contributed by atoms with Crippen molar-refractivity contribution in [2.24, 2.45) is 0 Å². The van der Waals surface area contributed by atoms with E-state index in [1.807, 2.05) is 0 Å². The summed E-state index contributed by atoms with van der Waals surface area (Å²) in [5.41, 5.74) is -0.0572. The number of rotatable bonds is 19. The van der Waals surface area contributed by atoms with Crippen molar-refractivity contribution < 1.29 is 4.43 Å². The molecule has 168 valence electrons. The van der Waals surface area contributed by atoms with Crippen LogP contribution >= 0.6 is 0 Å². The van der Waals surface area contributed by atoms with Gasteiger partial charge in [0.05, 0.1) is 0 Å². The van der Waals surface area contributed by atoms with Crippen LogP contribution in [0.3, 0.4) is 0 Å². The molecule has 0 aromatic rings. The van der Waals surface area contributed by atoms with Gasteiger partial charge in [-0.1, -0.05) is 0 Å². The van der Waals surface area contributed by atoms with Gasteiger partial charge in [-0.25, -0.2) is 0 Å². The van der Waals surface area contributed by atoms with Crippen LogP contribution in [0.5, 0.6) is 0 Å². The molecule has 1 atom stereocenters. The summed E-state index contributed by atoms with van der Waals surface area (Å²) in [5, 5.41) is 0. The number of unbranched alkanes of at least 4 members (excludes halogenated alkanes) is 4. The molecule has 0 saturated carbocycles. The van der Waals surface area contributed by atoms with Crippen molar-refractivity contribution in [3.8, 4) is 0 Å². The predicted molar refractivity (Wildman–Crippen MR) is 136 cm³/mol.